The molecule has 3 atom stereocenters. The third kappa shape index (κ3) is 5.15. The molecule has 0 radical (unpaired) electrons. The smallest absolute Gasteiger partial charge is 0.0449 e. The molecular formula is C40H50S2. The minimum absolute atomic E-state index is 0.167. The average molecular weight is 595 g/mol. The van der Waals surface area contributed by atoms with E-state index in [1.807, 2.05) is 22.7 Å². The van der Waals surface area contributed by atoms with Gasteiger partial charge in [0, 0.05) is 24.9 Å². The Kier molecular flexibility index (Phi) is 8.86. The molecule has 1 fully saturated rings. The topological polar surface area (TPSA) is 0 Å². The fourth-order valence-electron chi connectivity index (χ4n) is 8.54. The predicted molar refractivity (Wildman–Crippen MR) is 187 cm³/mol. The van der Waals surface area contributed by atoms with Gasteiger partial charge in [-0.2, -0.15) is 0 Å². The van der Waals surface area contributed by atoms with E-state index in [4.69, 9.17) is 0 Å². The van der Waals surface area contributed by atoms with Crippen molar-refractivity contribution in [2.24, 2.45) is 11.3 Å². The number of fused-ring (bicyclic) bond motifs is 5. The summed E-state index contributed by atoms with van der Waals surface area (Å²) in [6.45, 7) is 11.8. The first-order chi connectivity index (χ1) is 20.4. The van der Waals surface area contributed by atoms with Gasteiger partial charge in [-0.25, -0.2) is 0 Å². The summed E-state index contributed by atoms with van der Waals surface area (Å²) >= 11 is 3.87. The van der Waals surface area contributed by atoms with E-state index in [0.717, 1.165) is 5.92 Å². The van der Waals surface area contributed by atoms with Crippen LogP contribution < -0.4 is 0 Å². The van der Waals surface area contributed by atoms with Crippen molar-refractivity contribution in [1.29, 1.82) is 0 Å². The first kappa shape index (κ1) is 29.9. The number of hydrogen-bond donors (Lipinski definition) is 0. The van der Waals surface area contributed by atoms with E-state index in [9.17, 15) is 0 Å². The van der Waals surface area contributed by atoms with Crippen molar-refractivity contribution in [3.63, 3.8) is 0 Å². The molecule has 3 unspecified atom stereocenters. The quantitative estimate of drug-likeness (QED) is 0.127. The second kappa shape index (κ2) is 12.4. The zero-order chi connectivity index (χ0) is 29.3. The Morgan fingerprint density at radius 1 is 0.619 bits per heavy atom. The van der Waals surface area contributed by atoms with Gasteiger partial charge >= 0.3 is 0 Å². The minimum Gasteiger partial charge on any atom is -0.140 e. The van der Waals surface area contributed by atoms with Gasteiger partial charge in [0.05, 0.1) is 0 Å². The Morgan fingerprint density at radius 2 is 1.24 bits per heavy atom. The molecule has 1 saturated carbocycles. The number of benzene rings is 2. The zero-order valence-electron chi connectivity index (χ0n) is 26.7. The first-order valence-electron chi connectivity index (χ1n) is 16.9. The lowest BCUT2D eigenvalue weighted by molar-refractivity contribution is 0.397. The molecule has 2 aromatic carbocycles. The number of rotatable bonds is 14. The zero-order valence-corrected chi connectivity index (χ0v) is 28.3. The van der Waals surface area contributed by atoms with Crippen LogP contribution in [0.4, 0.5) is 0 Å². The standard InChI is InChI=1S/C40H50S2/c1-6-8-10-12-14-16-38-39(5,25-15-13-11-9-7-2)40(38)33-26-28(3)17-20-31(33)32-21-19-30(27-34(32)40)35-23-24-37(42-35)36-22-18-29(4)41-36/h17-24,26-27,38H,6-16,25H2,1-5H3. The summed E-state index contributed by atoms with van der Waals surface area (Å²) in [6, 6.07) is 24.1. The molecule has 4 aromatic rings. The summed E-state index contributed by atoms with van der Waals surface area (Å²) in [5.41, 5.74) is 9.61. The van der Waals surface area contributed by atoms with Crippen LogP contribution in [0.2, 0.25) is 0 Å². The van der Waals surface area contributed by atoms with Crippen LogP contribution in [0.25, 0.3) is 31.3 Å². The maximum Gasteiger partial charge on any atom is 0.0449 e. The maximum atomic E-state index is 2.68. The molecule has 1 spiro atoms. The van der Waals surface area contributed by atoms with E-state index >= 15 is 0 Å². The molecule has 2 aromatic heterocycles. The van der Waals surface area contributed by atoms with Gasteiger partial charge in [-0.3, -0.25) is 0 Å². The molecule has 42 heavy (non-hydrogen) atoms. The van der Waals surface area contributed by atoms with E-state index in [1.165, 1.54) is 119 Å². The first-order valence-corrected chi connectivity index (χ1v) is 18.5. The molecule has 2 heterocycles. The molecule has 0 saturated heterocycles. The summed E-state index contributed by atoms with van der Waals surface area (Å²) in [7, 11) is 0. The molecule has 0 N–H and O–H groups in total. The fraction of sp³-hybridized carbons (Fsp3) is 0.500. The lowest BCUT2D eigenvalue weighted by Gasteiger charge is -2.22. The van der Waals surface area contributed by atoms with Crippen molar-refractivity contribution >= 4 is 22.7 Å². The van der Waals surface area contributed by atoms with E-state index in [-0.39, 0.29) is 5.41 Å². The van der Waals surface area contributed by atoms with E-state index in [1.54, 1.807) is 11.1 Å². The molecule has 0 bridgehead atoms. The molecule has 2 aliphatic rings. The van der Waals surface area contributed by atoms with Crippen LogP contribution >= 0.6 is 22.7 Å². The van der Waals surface area contributed by atoms with E-state index in [0.29, 0.717) is 5.41 Å². The third-order valence-electron chi connectivity index (χ3n) is 10.7. The highest BCUT2D eigenvalue weighted by Crippen LogP contribution is 2.80. The summed E-state index contributed by atoms with van der Waals surface area (Å²) in [4.78, 5) is 5.57. The normalized spacial score (nSPS) is 22.1. The molecule has 0 amide bonds. The van der Waals surface area contributed by atoms with Gasteiger partial charge in [-0.15, -0.1) is 22.7 Å². The van der Waals surface area contributed by atoms with Gasteiger partial charge in [-0.05, 0) is 96.2 Å². The van der Waals surface area contributed by atoms with Crippen molar-refractivity contribution < 1.29 is 0 Å². The second-order valence-corrected chi connectivity index (χ2v) is 15.9. The maximum absolute atomic E-state index is 2.68. The number of thiophene rings is 2. The SMILES string of the molecule is CCCCCCCC1C(C)(CCCCCCC)C12c1cc(C)ccc1-c1ccc(-c3ccc(-c4ccc(C)s4)s3)cc12. The van der Waals surface area contributed by atoms with Crippen LogP contribution in [0, 0.1) is 25.2 Å². The number of aryl methyl sites for hydroxylation is 2. The van der Waals surface area contributed by atoms with Crippen molar-refractivity contribution in [2.45, 2.75) is 117 Å². The molecule has 2 heteroatoms. The van der Waals surface area contributed by atoms with E-state index < -0.39 is 0 Å². The van der Waals surface area contributed by atoms with Crippen LogP contribution in [0.15, 0.2) is 60.7 Å². The van der Waals surface area contributed by atoms with Crippen LogP contribution in [-0.4, -0.2) is 0 Å². The van der Waals surface area contributed by atoms with Crippen LogP contribution in [0.1, 0.15) is 119 Å². The van der Waals surface area contributed by atoms with E-state index in [2.05, 4.69) is 95.3 Å². The number of hydrogen-bond acceptors (Lipinski definition) is 2. The van der Waals surface area contributed by atoms with Crippen LogP contribution in [-0.2, 0) is 5.41 Å². The Hall–Kier alpha value is -2.16. The summed E-state index contributed by atoms with van der Waals surface area (Å²) in [6.07, 6.45) is 16.4. The molecule has 2 aliphatic carbocycles. The summed E-state index contributed by atoms with van der Waals surface area (Å²) in [5.74, 6) is 0.739. The molecule has 0 nitrogen and oxygen atoms in total. The Balaban J connectivity index is 1.39. The highest BCUT2D eigenvalue weighted by Gasteiger charge is 2.75. The lowest BCUT2D eigenvalue weighted by atomic mass is 9.81. The van der Waals surface area contributed by atoms with Crippen LogP contribution in [0.3, 0.4) is 0 Å². The van der Waals surface area contributed by atoms with Crippen molar-refractivity contribution in [3.05, 3.63) is 82.2 Å². The van der Waals surface area contributed by atoms with Crippen molar-refractivity contribution in [2.75, 3.05) is 0 Å². The van der Waals surface area contributed by atoms with Gasteiger partial charge in [-0.1, -0.05) is 121 Å². The third-order valence-corrected chi connectivity index (χ3v) is 13.0. The van der Waals surface area contributed by atoms with Crippen LogP contribution in [0.5, 0.6) is 0 Å². The van der Waals surface area contributed by atoms with Crippen molar-refractivity contribution in [1.82, 2.24) is 0 Å². The van der Waals surface area contributed by atoms with Gasteiger partial charge in [0.25, 0.3) is 0 Å². The fourth-order valence-corrected chi connectivity index (χ4v) is 10.5. The monoisotopic (exact) mass is 594 g/mol. The average Bonchev–Trinajstić information content (AvgIpc) is 3.48. The van der Waals surface area contributed by atoms with Gasteiger partial charge < -0.3 is 0 Å². The molecular weight excluding hydrogens is 545 g/mol. The Morgan fingerprint density at radius 3 is 1.95 bits per heavy atom. The molecule has 222 valence electrons. The molecule has 6 rings (SSSR count). The molecule has 0 aliphatic heterocycles. The lowest BCUT2D eigenvalue weighted by Crippen LogP contribution is -2.16. The van der Waals surface area contributed by atoms with Crippen molar-refractivity contribution in [3.8, 4) is 31.3 Å². The summed E-state index contributed by atoms with van der Waals surface area (Å²) in [5, 5.41) is 0. The van der Waals surface area contributed by atoms with Gasteiger partial charge in [0.2, 0.25) is 0 Å². The highest BCUT2D eigenvalue weighted by molar-refractivity contribution is 7.23. The Labute approximate surface area is 263 Å². The highest BCUT2D eigenvalue weighted by atomic mass is 32.1. The second-order valence-electron chi connectivity index (χ2n) is 13.5. The van der Waals surface area contributed by atoms with Gasteiger partial charge in [0.1, 0.15) is 0 Å². The van der Waals surface area contributed by atoms with Gasteiger partial charge in [0.15, 0.2) is 0 Å². The predicted octanol–water partition coefficient (Wildman–Crippen LogP) is 13.4. The Bertz CT molecular complexity index is 1520. The largest absolute Gasteiger partial charge is 0.140 e. The minimum atomic E-state index is 0.167. The number of unbranched alkanes of at least 4 members (excludes halogenated alkanes) is 8. The summed E-state index contributed by atoms with van der Waals surface area (Å²) < 4.78 is 0.